The molecule has 1 aromatic carbocycles. The third-order valence-corrected chi connectivity index (χ3v) is 6.02. The van der Waals surface area contributed by atoms with Crippen molar-refractivity contribution in [3.05, 3.63) is 59.5 Å². The zero-order valence-electron chi connectivity index (χ0n) is 17.3. The minimum Gasteiger partial charge on any atom is -0.393 e. The maximum Gasteiger partial charge on any atom is 0.433 e. The van der Waals surface area contributed by atoms with Crippen LogP contribution in [0.4, 0.5) is 17.6 Å². The number of nitrogens with zero attached hydrogens (tertiary/aromatic N) is 5. The molecule has 0 unspecified atom stereocenters. The molecular weight excluding hydrogens is 478 g/mol. The summed E-state index contributed by atoms with van der Waals surface area (Å²) in [6.45, 7) is -0.0213. The van der Waals surface area contributed by atoms with Gasteiger partial charge in [0, 0.05) is 18.9 Å². The Bertz CT molecular complexity index is 1310. The molecule has 0 saturated heterocycles. The van der Waals surface area contributed by atoms with Gasteiger partial charge in [0.15, 0.2) is 11.5 Å². The molecule has 1 fully saturated rings. The monoisotopic (exact) mass is 493 g/mol. The molecule has 176 valence electrons. The molecule has 1 saturated carbocycles. The number of aromatic nitrogens is 5. The van der Waals surface area contributed by atoms with E-state index in [0.29, 0.717) is 12.8 Å². The lowest BCUT2D eigenvalue weighted by Crippen LogP contribution is -2.32. The van der Waals surface area contributed by atoms with Crippen LogP contribution in [0.3, 0.4) is 0 Å². The summed E-state index contributed by atoms with van der Waals surface area (Å²) < 4.78 is 63.5. The molecule has 1 N–H and O–H groups in total. The Kier molecular flexibility index (Phi) is 5.61. The molecule has 5 rings (SSSR count). The Hall–Kier alpha value is -3.31. The lowest BCUT2D eigenvalue weighted by molar-refractivity contribution is -0.144. The lowest BCUT2D eigenvalue weighted by Gasteiger charge is -2.31. The third kappa shape index (κ3) is 3.94. The van der Waals surface area contributed by atoms with E-state index in [1.807, 2.05) is 0 Å². The highest BCUT2D eigenvalue weighted by molar-refractivity contribution is 6.33. The summed E-state index contributed by atoms with van der Waals surface area (Å²) in [5.41, 5.74) is -1.54. The van der Waals surface area contributed by atoms with Crippen LogP contribution in [0.1, 0.15) is 18.5 Å². The summed E-state index contributed by atoms with van der Waals surface area (Å²) >= 11 is 6.20. The Balaban J connectivity index is 1.71. The standard InChI is InChI=1S/C22H16ClF4N5O2/c23-14-2-1-3-15(24)17(14)19-18(16-9-28-4-5-29-16)20(34-31-19)13-8-30-32(21(13)22(25,26)27)10-11-6-12(33)7-11/h1-5,8-9,11-12,33H,6-7,10H2. The van der Waals surface area contributed by atoms with Crippen molar-refractivity contribution in [2.24, 2.45) is 5.92 Å². The van der Waals surface area contributed by atoms with Gasteiger partial charge in [-0.2, -0.15) is 18.3 Å². The Morgan fingerprint density at radius 2 is 1.94 bits per heavy atom. The van der Waals surface area contributed by atoms with Crippen molar-refractivity contribution in [1.82, 2.24) is 24.9 Å². The fraction of sp³-hybridized carbons (Fsp3) is 0.273. The number of aliphatic hydroxyl groups excluding tert-OH is 1. The SMILES string of the molecule is OC1CC(Cn2ncc(-c3onc(-c4c(F)cccc4Cl)c3-c3cnccn3)c2C(F)(F)F)C1. The van der Waals surface area contributed by atoms with Gasteiger partial charge in [-0.25, -0.2) is 4.39 Å². The van der Waals surface area contributed by atoms with E-state index in [9.17, 15) is 22.7 Å². The summed E-state index contributed by atoms with van der Waals surface area (Å²) in [6.07, 6.45) is 0.571. The van der Waals surface area contributed by atoms with Crippen LogP contribution in [0, 0.1) is 11.7 Å². The number of hydrogen-bond donors (Lipinski definition) is 1. The predicted molar refractivity (Wildman–Crippen MR) is 113 cm³/mol. The topological polar surface area (TPSA) is 89.9 Å². The van der Waals surface area contributed by atoms with Gasteiger partial charge in [-0.05, 0) is 30.9 Å². The van der Waals surface area contributed by atoms with E-state index in [0.717, 1.165) is 16.9 Å². The van der Waals surface area contributed by atoms with Crippen LogP contribution in [0.2, 0.25) is 5.02 Å². The number of halogens is 5. The van der Waals surface area contributed by atoms with E-state index < -0.39 is 23.8 Å². The second-order valence-electron chi connectivity index (χ2n) is 8.00. The number of aliphatic hydroxyl groups is 1. The molecule has 0 atom stereocenters. The maximum atomic E-state index is 14.7. The number of alkyl halides is 3. The maximum absolute atomic E-state index is 14.7. The van der Waals surface area contributed by atoms with E-state index in [4.69, 9.17) is 16.1 Å². The molecule has 1 aliphatic rings. The largest absolute Gasteiger partial charge is 0.433 e. The number of benzene rings is 1. The van der Waals surface area contributed by atoms with Gasteiger partial charge in [-0.3, -0.25) is 14.6 Å². The Labute approximate surface area is 195 Å². The quantitative estimate of drug-likeness (QED) is 0.382. The average molecular weight is 494 g/mol. The van der Waals surface area contributed by atoms with Gasteiger partial charge in [0.05, 0.1) is 45.9 Å². The summed E-state index contributed by atoms with van der Waals surface area (Å²) in [5.74, 6) is -1.15. The highest BCUT2D eigenvalue weighted by Gasteiger charge is 2.42. The van der Waals surface area contributed by atoms with Crippen molar-refractivity contribution >= 4 is 11.6 Å². The first kappa shape index (κ1) is 22.5. The first-order chi connectivity index (χ1) is 16.2. The van der Waals surface area contributed by atoms with E-state index in [1.165, 1.54) is 30.7 Å². The van der Waals surface area contributed by atoms with Crippen molar-refractivity contribution < 1.29 is 27.2 Å². The normalized spacial score (nSPS) is 18.2. The summed E-state index contributed by atoms with van der Waals surface area (Å²) in [4.78, 5) is 8.14. The predicted octanol–water partition coefficient (Wildman–Crippen LogP) is 5.24. The molecule has 34 heavy (non-hydrogen) atoms. The van der Waals surface area contributed by atoms with Gasteiger partial charge in [-0.1, -0.05) is 22.8 Å². The van der Waals surface area contributed by atoms with Crippen LogP contribution < -0.4 is 0 Å². The molecular formula is C22H16ClF4N5O2. The van der Waals surface area contributed by atoms with Crippen LogP contribution in [0.25, 0.3) is 33.8 Å². The Morgan fingerprint density at radius 3 is 2.59 bits per heavy atom. The molecule has 3 aromatic heterocycles. The molecule has 7 nitrogen and oxygen atoms in total. The van der Waals surface area contributed by atoms with Crippen molar-refractivity contribution in [1.29, 1.82) is 0 Å². The van der Waals surface area contributed by atoms with Crippen molar-refractivity contribution in [2.75, 3.05) is 0 Å². The fourth-order valence-electron chi connectivity index (χ4n) is 4.12. The Morgan fingerprint density at radius 1 is 1.15 bits per heavy atom. The summed E-state index contributed by atoms with van der Waals surface area (Å²) in [6, 6.07) is 3.98. The zero-order valence-corrected chi connectivity index (χ0v) is 18.1. The minimum atomic E-state index is -4.78. The highest BCUT2D eigenvalue weighted by atomic mass is 35.5. The van der Waals surface area contributed by atoms with E-state index in [1.54, 1.807) is 0 Å². The van der Waals surface area contributed by atoms with E-state index >= 15 is 0 Å². The fourth-order valence-corrected chi connectivity index (χ4v) is 4.37. The zero-order chi connectivity index (χ0) is 24.0. The second-order valence-corrected chi connectivity index (χ2v) is 8.41. The van der Waals surface area contributed by atoms with Crippen molar-refractivity contribution in [3.63, 3.8) is 0 Å². The minimum absolute atomic E-state index is 0.000251. The van der Waals surface area contributed by atoms with Crippen LogP contribution in [-0.2, 0) is 12.7 Å². The molecule has 4 aromatic rings. The van der Waals surface area contributed by atoms with Crippen LogP contribution >= 0.6 is 11.6 Å². The summed E-state index contributed by atoms with van der Waals surface area (Å²) in [7, 11) is 0. The molecule has 12 heteroatoms. The molecule has 0 bridgehead atoms. The van der Waals surface area contributed by atoms with Crippen LogP contribution in [0.15, 0.2) is 47.5 Å². The highest BCUT2D eigenvalue weighted by Crippen LogP contribution is 2.46. The van der Waals surface area contributed by atoms with Gasteiger partial charge >= 0.3 is 6.18 Å². The van der Waals surface area contributed by atoms with Gasteiger partial charge < -0.3 is 9.63 Å². The summed E-state index contributed by atoms with van der Waals surface area (Å²) in [5, 5.41) is 17.3. The molecule has 0 radical (unpaired) electrons. The van der Waals surface area contributed by atoms with Gasteiger partial charge in [0.25, 0.3) is 0 Å². The van der Waals surface area contributed by atoms with Gasteiger partial charge in [0.1, 0.15) is 11.5 Å². The third-order valence-electron chi connectivity index (χ3n) is 5.71. The number of rotatable bonds is 5. The van der Waals surface area contributed by atoms with Crippen molar-refractivity contribution in [2.45, 2.75) is 31.7 Å². The van der Waals surface area contributed by atoms with Gasteiger partial charge in [0.2, 0.25) is 0 Å². The van der Waals surface area contributed by atoms with Crippen LogP contribution in [-0.4, -0.2) is 36.1 Å². The smallest absolute Gasteiger partial charge is 0.393 e. The van der Waals surface area contributed by atoms with Crippen LogP contribution in [0.5, 0.6) is 0 Å². The van der Waals surface area contributed by atoms with E-state index in [2.05, 4.69) is 20.2 Å². The average Bonchev–Trinajstić information content (AvgIpc) is 3.37. The van der Waals surface area contributed by atoms with Gasteiger partial charge in [-0.15, -0.1) is 0 Å². The molecule has 0 amide bonds. The number of hydrogen-bond acceptors (Lipinski definition) is 6. The van der Waals surface area contributed by atoms with Crippen molar-refractivity contribution in [3.8, 4) is 33.8 Å². The second kappa shape index (κ2) is 8.48. The lowest BCUT2D eigenvalue weighted by atomic mass is 9.82. The first-order valence-corrected chi connectivity index (χ1v) is 10.6. The molecule has 0 spiro atoms. The molecule has 3 heterocycles. The van der Waals surface area contributed by atoms with E-state index in [-0.39, 0.29) is 51.3 Å². The first-order valence-electron chi connectivity index (χ1n) is 10.3. The molecule has 1 aliphatic carbocycles. The molecule has 0 aliphatic heterocycles.